The Morgan fingerprint density at radius 3 is 2.82 bits per heavy atom. The maximum absolute atomic E-state index is 15.0. The molecule has 8 nitrogen and oxygen atoms in total. The summed E-state index contributed by atoms with van der Waals surface area (Å²) in [5, 5.41) is 13.3. The molecule has 0 aliphatic carbocycles. The van der Waals surface area contributed by atoms with Gasteiger partial charge in [-0.15, -0.1) is 0 Å². The molecule has 3 aromatic heterocycles. The molecule has 0 bridgehead atoms. The number of halogens is 2. The van der Waals surface area contributed by atoms with Gasteiger partial charge in [-0.25, -0.2) is 14.4 Å². The minimum absolute atomic E-state index is 0.00103. The molecule has 2 atom stereocenters. The molecular weight excluding hydrogens is 459 g/mol. The number of hydrogen-bond acceptors (Lipinski definition) is 6. The lowest BCUT2D eigenvalue weighted by Crippen LogP contribution is -2.23. The number of ether oxygens (including phenoxy) is 1. The molecule has 1 saturated heterocycles. The first-order chi connectivity index (χ1) is 16.4. The molecule has 1 aliphatic rings. The summed E-state index contributed by atoms with van der Waals surface area (Å²) in [5.41, 5.74) is 2.24. The maximum atomic E-state index is 15.0. The van der Waals surface area contributed by atoms with Gasteiger partial charge in [0.15, 0.2) is 5.65 Å². The van der Waals surface area contributed by atoms with E-state index in [1.807, 2.05) is 19.3 Å². The van der Waals surface area contributed by atoms with E-state index in [2.05, 4.69) is 10.1 Å². The van der Waals surface area contributed by atoms with Crippen LogP contribution in [0.5, 0.6) is 0 Å². The lowest BCUT2D eigenvalue weighted by atomic mass is 9.90. The van der Waals surface area contributed by atoms with Gasteiger partial charge in [-0.3, -0.25) is 13.9 Å². The summed E-state index contributed by atoms with van der Waals surface area (Å²) in [7, 11) is 1.85. The van der Waals surface area contributed by atoms with Crippen molar-refractivity contribution < 1.29 is 9.13 Å². The highest BCUT2D eigenvalue weighted by Crippen LogP contribution is 2.38. The van der Waals surface area contributed by atoms with Crippen molar-refractivity contribution in [1.29, 1.82) is 5.26 Å². The van der Waals surface area contributed by atoms with E-state index in [1.165, 1.54) is 16.5 Å². The Kier molecular flexibility index (Phi) is 5.63. The summed E-state index contributed by atoms with van der Waals surface area (Å²) < 4.78 is 24.0. The van der Waals surface area contributed by atoms with Crippen molar-refractivity contribution in [2.24, 2.45) is 7.05 Å². The van der Waals surface area contributed by atoms with Gasteiger partial charge in [-0.1, -0.05) is 11.6 Å². The third kappa shape index (κ3) is 3.85. The van der Waals surface area contributed by atoms with Gasteiger partial charge >= 0.3 is 0 Å². The van der Waals surface area contributed by atoms with Crippen molar-refractivity contribution in [1.82, 2.24) is 24.1 Å². The van der Waals surface area contributed by atoms with E-state index in [-0.39, 0.29) is 39.5 Å². The SMILES string of the molecule is Cc1nc2c(-c3ccc(C#N)cc3F)nc([C@H]3CCO[C@H](c4cnn(C)c4)C3)cn2c(=O)c1Cl. The van der Waals surface area contributed by atoms with Crippen molar-refractivity contribution in [3.63, 3.8) is 0 Å². The van der Waals surface area contributed by atoms with E-state index in [4.69, 9.17) is 26.6 Å². The Morgan fingerprint density at radius 2 is 2.12 bits per heavy atom. The van der Waals surface area contributed by atoms with Gasteiger partial charge in [-0.05, 0) is 38.0 Å². The average Bonchev–Trinajstić information content (AvgIpc) is 3.28. The minimum Gasteiger partial charge on any atom is -0.373 e. The summed E-state index contributed by atoms with van der Waals surface area (Å²) >= 11 is 6.21. The third-order valence-corrected chi connectivity index (χ3v) is 6.53. The monoisotopic (exact) mass is 478 g/mol. The number of nitriles is 1. The Bertz CT molecular complexity index is 1520. The number of aryl methyl sites for hydroxylation is 2. The van der Waals surface area contributed by atoms with Crippen LogP contribution in [0.4, 0.5) is 4.39 Å². The summed E-state index contributed by atoms with van der Waals surface area (Å²) in [4.78, 5) is 22.3. The first-order valence-corrected chi connectivity index (χ1v) is 11.1. The number of rotatable bonds is 3. The summed E-state index contributed by atoms with van der Waals surface area (Å²) in [6.07, 6.45) is 6.46. The zero-order chi connectivity index (χ0) is 24.0. The summed E-state index contributed by atoms with van der Waals surface area (Å²) in [6, 6.07) is 6.07. The first-order valence-electron chi connectivity index (χ1n) is 10.7. The van der Waals surface area contributed by atoms with Crippen LogP contribution in [-0.4, -0.2) is 30.8 Å². The molecule has 0 radical (unpaired) electrons. The zero-order valence-corrected chi connectivity index (χ0v) is 19.3. The predicted molar refractivity (Wildman–Crippen MR) is 123 cm³/mol. The van der Waals surface area contributed by atoms with E-state index in [0.717, 1.165) is 11.6 Å². The Balaban J connectivity index is 1.67. The fourth-order valence-electron chi connectivity index (χ4n) is 4.30. The number of aromatic nitrogens is 5. The van der Waals surface area contributed by atoms with Crippen LogP contribution >= 0.6 is 11.6 Å². The van der Waals surface area contributed by atoms with E-state index in [0.29, 0.717) is 30.8 Å². The van der Waals surface area contributed by atoms with Crippen LogP contribution < -0.4 is 5.56 Å². The van der Waals surface area contributed by atoms with Crippen LogP contribution in [0.3, 0.4) is 0 Å². The van der Waals surface area contributed by atoms with Crippen LogP contribution in [0, 0.1) is 24.1 Å². The highest BCUT2D eigenvalue weighted by molar-refractivity contribution is 6.31. The van der Waals surface area contributed by atoms with Crippen LogP contribution in [0.15, 0.2) is 41.6 Å². The molecule has 1 aliphatic heterocycles. The quantitative estimate of drug-likeness (QED) is 0.439. The van der Waals surface area contributed by atoms with E-state index < -0.39 is 11.4 Å². The second-order valence-corrected chi connectivity index (χ2v) is 8.74. The van der Waals surface area contributed by atoms with E-state index in [1.54, 1.807) is 24.0 Å². The van der Waals surface area contributed by atoms with Crippen molar-refractivity contribution in [3.8, 4) is 17.3 Å². The smallest absolute Gasteiger partial charge is 0.277 e. The average molecular weight is 479 g/mol. The number of nitrogens with zero attached hydrogens (tertiary/aromatic N) is 6. The normalized spacial score (nSPS) is 18.2. The molecule has 172 valence electrons. The number of fused-ring (bicyclic) bond motifs is 1. The van der Waals surface area contributed by atoms with Crippen LogP contribution in [0.2, 0.25) is 5.02 Å². The fourth-order valence-corrected chi connectivity index (χ4v) is 4.44. The maximum Gasteiger partial charge on any atom is 0.277 e. The standard InChI is InChI=1S/C24H20ClFN6O2/c1-13-21(25)24(33)32-12-19(15-5-6-34-20(8-15)16-10-28-31(2)11-16)30-22(23(32)29-13)17-4-3-14(9-27)7-18(17)26/h3-4,7,10-12,15,20H,5-6,8H2,1-2H3/t15-,20-/m0/s1. The van der Waals surface area contributed by atoms with Gasteiger partial charge in [0, 0.05) is 43.1 Å². The van der Waals surface area contributed by atoms with Gasteiger partial charge in [0.1, 0.15) is 16.5 Å². The van der Waals surface area contributed by atoms with Crippen molar-refractivity contribution in [2.45, 2.75) is 31.8 Å². The molecule has 1 aromatic carbocycles. The molecule has 0 spiro atoms. The summed E-state index contributed by atoms with van der Waals surface area (Å²) in [6.45, 7) is 2.12. The largest absolute Gasteiger partial charge is 0.373 e. The Hall–Kier alpha value is -3.61. The second kappa shape index (κ2) is 8.63. The molecule has 34 heavy (non-hydrogen) atoms. The van der Waals surface area contributed by atoms with Gasteiger partial charge < -0.3 is 4.74 Å². The highest BCUT2D eigenvalue weighted by atomic mass is 35.5. The predicted octanol–water partition coefficient (Wildman–Crippen LogP) is 4.10. The fraction of sp³-hybridized carbons (Fsp3) is 0.292. The van der Waals surface area contributed by atoms with Crippen molar-refractivity contribution >= 4 is 17.2 Å². The number of benzene rings is 1. The third-order valence-electron chi connectivity index (χ3n) is 6.09. The molecule has 1 fully saturated rings. The molecule has 0 unspecified atom stereocenters. The highest BCUT2D eigenvalue weighted by Gasteiger charge is 2.29. The lowest BCUT2D eigenvalue weighted by molar-refractivity contribution is 0.00455. The molecule has 5 rings (SSSR count). The van der Waals surface area contributed by atoms with Crippen LogP contribution in [-0.2, 0) is 11.8 Å². The Morgan fingerprint density at radius 1 is 1.29 bits per heavy atom. The molecule has 4 aromatic rings. The second-order valence-electron chi connectivity index (χ2n) is 8.36. The van der Waals surface area contributed by atoms with Gasteiger partial charge in [0.2, 0.25) is 0 Å². The van der Waals surface area contributed by atoms with Crippen LogP contribution in [0.25, 0.3) is 16.9 Å². The van der Waals surface area contributed by atoms with Gasteiger partial charge in [-0.2, -0.15) is 10.4 Å². The van der Waals surface area contributed by atoms with Gasteiger partial charge in [0.05, 0.1) is 35.3 Å². The van der Waals surface area contributed by atoms with Gasteiger partial charge in [0.25, 0.3) is 5.56 Å². The molecule has 10 heteroatoms. The molecule has 0 N–H and O–H groups in total. The van der Waals surface area contributed by atoms with E-state index in [9.17, 15) is 4.79 Å². The topological polar surface area (TPSA) is 98.1 Å². The minimum atomic E-state index is -0.618. The number of hydrogen-bond donors (Lipinski definition) is 0. The van der Waals surface area contributed by atoms with Crippen molar-refractivity contribution in [3.05, 3.63) is 80.5 Å². The molecule has 4 heterocycles. The molecular formula is C24H20ClFN6O2. The Labute approximate surface area is 199 Å². The molecule has 0 amide bonds. The first kappa shape index (κ1) is 22.2. The van der Waals surface area contributed by atoms with E-state index >= 15 is 4.39 Å². The lowest BCUT2D eigenvalue weighted by Gasteiger charge is -2.29. The zero-order valence-electron chi connectivity index (χ0n) is 18.5. The van der Waals surface area contributed by atoms with Crippen LogP contribution in [0.1, 0.15) is 47.4 Å². The summed E-state index contributed by atoms with van der Waals surface area (Å²) in [5.74, 6) is -0.664. The molecule has 0 saturated carbocycles. The van der Waals surface area contributed by atoms with Crippen molar-refractivity contribution in [2.75, 3.05) is 6.61 Å².